The van der Waals surface area contributed by atoms with E-state index < -0.39 is 0 Å². The SMILES string of the molecule is CC(=O)OCCC1CCC([NH3+])CC1. The number of hydrogen-bond acceptors (Lipinski definition) is 2. The number of ether oxygens (including phenoxy) is 1. The third-order valence-corrected chi connectivity index (χ3v) is 2.80. The highest BCUT2D eigenvalue weighted by Gasteiger charge is 2.20. The van der Waals surface area contributed by atoms with Gasteiger partial charge >= 0.3 is 5.97 Å². The molecule has 0 saturated heterocycles. The number of quaternary nitrogens is 1. The number of carbonyl (C=O) groups is 1. The van der Waals surface area contributed by atoms with E-state index in [1.54, 1.807) is 0 Å². The van der Waals surface area contributed by atoms with Gasteiger partial charge in [0.25, 0.3) is 0 Å². The van der Waals surface area contributed by atoms with Crippen molar-refractivity contribution >= 4 is 5.97 Å². The number of carbonyl (C=O) groups excluding carboxylic acids is 1. The molecule has 13 heavy (non-hydrogen) atoms. The molecule has 0 aromatic rings. The van der Waals surface area contributed by atoms with E-state index in [4.69, 9.17) is 4.74 Å². The third-order valence-electron chi connectivity index (χ3n) is 2.80. The Morgan fingerprint density at radius 2 is 2.00 bits per heavy atom. The summed E-state index contributed by atoms with van der Waals surface area (Å²) in [4.78, 5) is 10.5. The van der Waals surface area contributed by atoms with Crippen molar-refractivity contribution in [3.8, 4) is 0 Å². The Morgan fingerprint density at radius 1 is 1.38 bits per heavy atom. The summed E-state index contributed by atoms with van der Waals surface area (Å²) in [6.45, 7) is 2.06. The van der Waals surface area contributed by atoms with Gasteiger partial charge in [-0.05, 0) is 38.0 Å². The molecule has 0 aromatic carbocycles. The lowest BCUT2D eigenvalue weighted by Crippen LogP contribution is -2.61. The van der Waals surface area contributed by atoms with Crippen molar-refractivity contribution in [1.82, 2.24) is 0 Å². The molecular formula is C10H20NO2+. The average molecular weight is 186 g/mol. The molecule has 0 aromatic heterocycles. The molecule has 3 nitrogen and oxygen atoms in total. The Labute approximate surface area is 79.6 Å². The molecule has 0 unspecified atom stereocenters. The van der Waals surface area contributed by atoms with Crippen LogP contribution >= 0.6 is 0 Å². The standard InChI is InChI=1S/C10H19NO2/c1-8(12)13-7-6-9-2-4-10(11)5-3-9/h9-10H,2-7,11H2,1H3/p+1. The van der Waals surface area contributed by atoms with Crippen molar-refractivity contribution in [3.05, 3.63) is 0 Å². The van der Waals surface area contributed by atoms with Crippen LogP contribution in [-0.4, -0.2) is 18.6 Å². The second-order valence-corrected chi connectivity index (χ2v) is 4.02. The van der Waals surface area contributed by atoms with Crippen LogP contribution in [0.5, 0.6) is 0 Å². The van der Waals surface area contributed by atoms with Crippen LogP contribution in [0.4, 0.5) is 0 Å². The summed E-state index contributed by atoms with van der Waals surface area (Å²) in [6.07, 6.45) is 6.03. The molecule has 76 valence electrons. The Bertz CT molecular complexity index is 162. The second kappa shape index (κ2) is 5.22. The summed E-state index contributed by atoms with van der Waals surface area (Å²) in [5.41, 5.74) is 4.06. The summed E-state index contributed by atoms with van der Waals surface area (Å²) in [5.74, 6) is 0.600. The van der Waals surface area contributed by atoms with Crippen LogP contribution in [-0.2, 0) is 9.53 Å². The maximum Gasteiger partial charge on any atom is 0.302 e. The molecule has 1 fully saturated rings. The summed E-state index contributed by atoms with van der Waals surface area (Å²) in [7, 11) is 0. The van der Waals surface area contributed by atoms with Gasteiger partial charge in [0.2, 0.25) is 0 Å². The molecule has 0 aliphatic heterocycles. The highest BCUT2D eigenvalue weighted by atomic mass is 16.5. The zero-order valence-corrected chi connectivity index (χ0v) is 8.42. The van der Waals surface area contributed by atoms with E-state index in [0.29, 0.717) is 12.6 Å². The average Bonchev–Trinajstić information content (AvgIpc) is 2.08. The lowest BCUT2D eigenvalue weighted by Gasteiger charge is -2.23. The summed E-state index contributed by atoms with van der Waals surface area (Å²) < 4.78 is 4.92. The van der Waals surface area contributed by atoms with Gasteiger partial charge in [-0.1, -0.05) is 0 Å². The van der Waals surface area contributed by atoms with Crippen molar-refractivity contribution in [2.75, 3.05) is 6.61 Å². The van der Waals surface area contributed by atoms with Crippen LogP contribution in [0.1, 0.15) is 39.0 Å². The van der Waals surface area contributed by atoms with Gasteiger partial charge in [-0.2, -0.15) is 0 Å². The number of esters is 1. The Morgan fingerprint density at radius 3 is 2.54 bits per heavy atom. The third kappa shape index (κ3) is 4.27. The first kappa shape index (κ1) is 10.5. The first-order valence-electron chi connectivity index (χ1n) is 5.15. The second-order valence-electron chi connectivity index (χ2n) is 4.02. The fraction of sp³-hybridized carbons (Fsp3) is 0.900. The van der Waals surface area contributed by atoms with Crippen LogP contribution in [0.15, 0.2) is 0 Å². The van der Waals surface area contributed by atoms with Crippen LogP contribution in [0.2, 0.25) is 0 Å². The topological polar surface area (TPSA) is 53.9 Å². The molecule has 0 bridgehead atoms. The highest BCUT2D eigenvalue weighted by Crippen LogP contribution is 2.24. The van der Waals surface area contributed by atoms with Crippen LogP contribution < -0.4 is 5.73 Å². The van der Waals surface area contributed by atoms with E-state index in [1.807, 2.05) is 0 Å². The molecule has 1 aliphatic rings. The van der Waals surface area contributed by atoms with Crippen LogP contribution in [0, 0.1) is 5.92 Å². The largest absolute Gasteiger partial charge is 0.466 e. The Balaban J connectivity index is 2.05. The molecule has 1 aliphatic carbocycles. The fourth-order valence-electron chi connectivity index (χ4n) is 1.89. The minimum atomic E-state index is -0.161. The smallest absolute Gasteiger partial charge is 0.302 e. The van der Waals surface area contributed by atoms with E-state index in [0.717, 1.165) is 12.3 Å². The molecule has 0 amide bonds. The molecule has 0 heterocycles. The molecule has 1 rings (SSSR count). The fourth-order valence-corrected chi connectivity index (χ4v) is 1.89. The minimum absolute atomic E-state index is 0.161. The maximum atomic E-state index is 10.5. The van der Waals surface area contributed by atoms with E-state index in [9.17, 15) is 4.79 Å². The molecule has 0 spiro atoms. The van der Waals surface area contributed by atoms with Crippen molar-refractivity contribution < 1.29 is 15.3 Å². The van der Waals surface area contributed by atoms with E-state index in [2.05, 4.69) is 5.73 Å². The number of rotatable bonds is 3. The molecule has 0 radical (unpaired) electrons. The van der Waals surface area contributed by atoms with Crippen LogP contribution in [0.3, 0.4) is 0 Å². The Kier molecular flexibility index (Phi) is 4.22. The molecule has 0 atom stereocenters. The van der Waals surface area contributed by atoms with Crippen molar-refractivity contribution in [2.24, 2.45) is 5.92 Å². The summed E-state index contributed by atoms with van der Waals surface area (Å²) >= 11 is 0. The van der Waals surface area contributed by atoms with Gasteiger partial charge < -0.3 is 10.5 Å². The summed E-state index contributed by atoms with van der Waals surface area (Å²) in [5, 5.41) is 0. The van der Waals surface area contributed by atoms with Gasteiger partial charge in [0.05, 0.1) is 12.6 Å². The van der Waals surface area contributed by atoms with Gasteiger partial charge in [-0.25, -0.2) is 0 Å². The quantitative estimate of drug-likeness (QED) is 0.661. The van der Waals surface area contributed by atoms with Gasteiger partial charge in [0.1, 0.15) is 0 Å². The van der Waals surface area contributed by atoms with Gasteiger partial charge in [-0.3, -0.25) is 4.79 Å². The molecule has 3 heteroatoms. The Hall–Kier alpha value is -0.570. The monoisotopic (exact) mass is 186 g/mol. The highest BCUT2D eigenvalue weighted by molar-refractivity contribution is 5.65. The number of hydrogen-bond donors (Lipinski definition) is 1. The lowest BCUT2D eigenvalue weighted by atomic mass is 9.85. The first-order valence-corrected chi connectivity index (χ1v) is 5.15. The van der Waals surface area contributed by atoms with Crippen molar-refractivity contribution in [2.45, 2.75) is 45.1 Å². The van der Waals surface area contributed by atoms with E-state index in [1.165, 1.54) is 32.6 Å². The van der Waals surface area contributed by atoms with Crippen molar-refractivity contribution in [3.63, 3.8) is 0 Å². The van der Waals surface area contributed by atoms with E-state index in [-0.39, 0.29) is 5.97 Å². The molecule has 1 saturated carbocycles. The lowest BCUT2D eigenvalue weighted by molar-refractivity contribution is -0.426. The first-order chi connectivity index (χ1) is 6.18. The normalized spacial score (nSPS) is 28.5. The van der Waals surface area contributed by atoms with Crippen LogP contribution in [0.25, 0.3) is 0 Å². The molecular weight excluding hydrogens is 166 g/mol. The predicted octanol–water partition coefficient (Wildman–Crippen LogP) is 0.740. The van der Waals surface area contributed by atoms with E-state index >= 15 is 0 Å². The van der Waals surface area contributed by atoms with Gasteiger partial charge in [0, 0.05) is 6.92 Å². The minimum Gasteiger partial charge on any atom is -0.466 e. The van der Waals surface area contributed by atoms with Gasteiger partial charge in [0.15, 0.2) is 0 Å². The zero-order chi connectivity index (χ0) is 9.68. The predicted molar refractivity (Wildman–Crippen MR) is 49.9 cm³/mol. The van der Waals surface area contributed by atoms with Gasteiger partial charge in [-0.15, -0.1) is 0 Å². The molecule has 3 N–H and O–H groups in total. The summed E-state index contributed by atoms with van der Waals surface area (Å²) in [6, 6.07) is 0.657. The maximum absolute atomic E-state index is 10.5. The van der Waals surface area contributed by atoms with Crippen molar-refractivity contribution in [1.29, 1.82) is 0 Å². The zero-order valence-electron chi connectivity index (χ0n) is 8.42.